The van der Waals surface area contributed by atoms with Crippen LogP contribution < -0.4 is 5.32 Å². The summed E-state index contributed by atoms with van der Waals surface area (Å²) < 4.78 is 27.0. The molecule has 9 heteroatoms. The SMILES string of the molecule is CC(C)(C)c1cc(-c2ccc(C(F)F)cc2)nn2cc(C=O)nc12.CN1CCNC(=O)C1(C)C. The summed E-state index contributed by atoms with van der Waals surface area (Å²) in [5.74, 6) is 0.126. The van der Waals surface area contributed by atoms with Gasteiger partial charge in [-0.2, -0.15) is 5.10 Å². The first-order valence-electron chi connectivity index (χ1n) is 11.1. The Balaban J connectivity index is 0.000000271. The van der Waals surface area contributed by atoms with E-state index in [1.54, 1.807) is 22.8 Å². The molecule has 2 aromatic heterocycles. The molecule has 0 bridgehead atoms. The molecule has 1 aromatic carbocycles. The second kappa shape index (κ2) is 9.58. The fourth-order valence-electron chi connectivity index (χ4n) is 3.55. The lowest BCUT2D eigenvalue weighted by molar-refractivity contribution is -0.133. The monoisotopic (exact) mass is 471 g/mol. The molecule has 4 rings (SSSR count). The zero-order chi connectivity index (χ0) is 25.3. The standard InChI is InChI=1S/C18H17F2N3O.C7H14N2O/c1-18(2,3)14-8-15(11-4-6-12(7-5-11)16(19)20)22-23-9-13(10-24)21-17(14)23;1-7(2)6(10)8-4-5-9(7)3/h4-10,16H,1-3H3;4-5H2,1-3H3,(H,8,10). The first kappa shape index (κ1) is 25.4. The number of hydrogen-bond donors (Lipinski definition) is 1. The lowest BCUT2D eigenvalue weighted by atomic mass is 9.87. The van der Waals surface area contributed by atoms with Crippen LogP contribution in [0.15, 0.2) is 36.5 Å². The van der Waals surface area contributed by atoms with Crippen LogP contribution in [-0.2, 0) is 10.2 Å². The van der Waals surface area contributed by atoms with E-state index in [4.69, 9.17) is 0 Å². The number of fused-ring (bicyclic) bond motifs is 1. The molecule has 0 atom stereocenters. The molecule has 1 aliphatic rings. The number of halogens is 2. The number of aldehydes is 1. The van der Waals surface area contributed by atoms with Gasteiger partial charge in [-0.15, -0.1) is 0 Å². The number of carbonyl (C=O) groups excluding carboxylic acids is 2. The lowest BCUT2D eigenvalue weighted by Crippen LogP contribution is -2.60. The van der Waals surface area contributed by atoms with Crippen molar-refractivity contribution in [2.24, 2.45) is 0 Å². The summed E-state index contributed by atoms with van der Waals surface area (Å²) in [6.45, 7) is 11.7. The molecule has 1 N–H and O–H groups in total. The minimum Gasteiger partial charge on any atom is -0.353 e. The van der Waals surface area contributed by atoms with Crippen LogP contribution in [0.4, 0.5) is 8.78 Å². The van der Waals surface area contributed by atoms with E-state index >= 15 is 0 Å². The molecule has 0 radical (unpaired) electrons. The average molecular weight is 472 g/mol. The Morgan fingerprint density at radius 1 is 1.18 bits per heavy atom. The Hall–Kier alpha value is -3.20. The van der Waals surface area contributed by atoms with Crippen LogP contribution in [0.5, 0.6) is 0 Å². The number of amides is 1. The van der Waals surface area contributed by atoms with Crippen LogP contribution in [-0.4, -0.2) is 57.4 Å². The number of imidazole rings is 1. The average Bonchev–Trinajstić information content (AvgIpc) is 3.20. The van der Waals surface area contributed by atoms with Gasteiger partial charge in [0.15, 0.2) is 11.9 Å². The van der Waals surface area contributed by atoms with E-state index in [2.05, 4.69) is 20.3 Å². The molecule has 182 valence electrons. The highest BCUT2D eigenvalue weighted by Gasteiger charge is 2.34. The highest BCUT2D eigenvalue weighted by molar-refractivity contribution is 5.86. The van der Waals surface area contributed by atoms with E-state index in [9.17, 15) is 18.4 Å². The van der Waals surface area contributed by atoms with Gasteiger partial charge in [0.25, 0.3) is 6.43 Å². The number of hydrogen-bond acceptors (Lipinski definition) is 5. The Kier molecular flexibility index (Phi) is 7.16. The zero-order valence-electron chi connectivity index (χ0n) is 20.4. The molecular weight excluding hydrogens is 440 g/mol. The van der Waals surface area contributed by atoms with Gasteiger partial charge >= 0.3 is 0 Å². The smallest absolute Gasteiger partial charge is 0.263 e. The van der Waals surface area contributed by atoms with Gasteiger partial charge in [-0.3, -0.25) is 14.5 Å². The maximum Gasteiger partial charge on any atom is 0.263 e. The summed E-state index contributed by atoms with van der Waals surface area (Å²) in [7, 11) is 1.97. The Bertz CT molecular complexity index is 1180. The van der Waals surface area contributed by atoms with E-state index in [0.29, 0.717) is 23.3 Å². The number of likely N-dealkylation sites (N-methyl/N-ethyl adjacent to an activating group) is 1. The van der Waals surface area contributed by atoms with Crippen molar-refractivity contribution >= 4 is 17.8 Å². The summed E-state index contributed by atoms with van der Waals surface area (Å²) >= 11 is 0. The minimum atomic E-state index is -2.50. The Labute approximate surface area is 198 Å². The Morgan fingerprint density at radius 3 is 2.32 bits per heavy atom. The van der Waals surface area contributed by atoms with Crippen molar-refractivity contribution in [3.8, 4) is 11.3 Å². The molecule has 1 amide bonds. The quantitative estimate of drug-likeness (QED) is 0.577. The van der Waals surface area contributed by atoms with Crippen LogP contribution in [0, 0.1) is 0 Å². The summed E-state index contributed by atoms with van der Waals surface area (Å²) in [5, 5.41) is 7.29. The predicted molar refractivity (Wildman–Crippen MR) is 127 cm³/mol. The van der Waals surface area contributed by atoms with Crippen LogP contribution in [0.3, 0.4) is 0 Å². The molecule has 3 aromatic rings. The van der Waals surface area contributed by atoms with Gasteiger partial charge in [0.1, 0.15) is 5.69 Å². The molecule has 7 nitrogen and oxygen atoms in total. The minimum absolute atomic E-state index is 0.0262. The highest BCUT2D eigenvalue weighted by Crippen LogP contribution is 2.30. The van der Waals surface area contributed by atoms with E-state index in [-0.39, 0.29) is 22.4 Å². The molecular formula is C25H31F2N5O2. The number of piperazine rings is 1. The van der Waals surface area contributed by atoms with E-state index < -0.39 is 6.43 Å². The van der Waals surface area contributed by atoms with Gasteiger partial charge in [-0.05, 0) is 32.4 Å². The molecule has 1 fully saturated rings. The van der Waals surface area contributed by atoms with Crippen molar-refractivity contribution in [1.82, 2.24) is 24.8 Å². The van der Waals surface area contributed by atoms with Crippen LogP contribution in [0.2, 0.25) is 0 Å². The highest BCUT2D eigenvalue weighted by atomic mass is 19.3. The summed E-state index contributed by atoms with van der Waals surface area (Å²) in [6, 6.07) is 7.94. The third-order valence-corrected chi connectivity index (χ3v) is 6.07. The summed E-state index contributed by atoms with van der Waals surface area (Å²) in [4.78, 5) is 28.6. The maximum atomic E-state index is 12.7. The third kappa shape index (κ3) is 5.30. The first-order chi connectivity index (χ1) is 15.8. The van der Waals surface area contributed by atoms with E-state index in [1.807, 2.05) is 47.7 Å². The van der Waals surface area contributed by atoms with Gasteiger partial charge in [-0.1, -0.05) is 45.0 Å². The van der Waals surface area contributed by atoms with Crippen molar-refractivity contribution < 1.29 is 18.4 Å². The lowest BCUT2D eigenvalue weighted by Gasteiger charge is -2.38. The topological polar surface area (TPSA) is 79.6 Å². The van der Waals surface area contributed by atoms with Crippen molar-refractivity contribution in [2.45, 2.75) is 52.0 Å². The summed E-state index contributed by atoms with van der Waals surface area (Å²) in [6.07, 6.45) is -0.254. The molecule has 0 spiro atoms. The van der Waals surface area contributed by atoms with Crippen LogP contribution in [0.25, 0.3) is 16.9 Å². The summed E-state index contributed by atoms with van der Waals surface area (Å²) in [5.41, 5.74) is 2.67. The number of nitrogens with zero attached hydrogens (tertiary/aromatic N) is 4. The third-order valence-electron chi connectivity index (χ3n) is 6.07. The van der Waals surface area contributed by atoms with Crippen molar-refractivity contribution in [2.75, 3.05) is 20.1 Å². The number of carbonyl (C=O) groups is 2. The molecule has 0 aliphatic carbocycles. The number of nitrogens with one attached hydrogen (secondary N) is 1. The largest absolute Gasteiger partial charge is 0.353 e. The maximum absolute atomic E-state index is 12.7. The van der Waals surface area contributed by atoms with Gasteiger partial charge in [0.2, 0.25) is 5.91 Å². The van der Waals surface area contributed by atoms with Crippen molar-refractivity contribution in [3.05, 3.63) is 53.3 Å². The molecule has 1 saturated heterocycles. The molecule has 0 unspecified atom stereocenters. The Morgan fingerprint density at radius 2 is 1.82 bits per heavy atom. The van der Waals surface area contributed by atoms with E-state index in [0.717, 1.165) is 24.2 Å². The normalized spacial score (nSPS) is 16.2. The second-order valence-corrected chi connectivity index (χ2v) is 9.90. The molecule has 0 saturated carbocycles. The van der Waals surface area contributed by atoms with Crippen LogP contribution in [0.1, 0.15) is 62.7 Å². The van der Waals surface area contributed by atoms with Gasteiger partial charge in [0.05, 0.1) is 17.4 Å². The number of alkyl halides is 2. The second-order valence-electron chi connectivity index (χ2n) is 9.90. The fraction of sp³-hybridized carbons (Fsp3) is 0.440. The molecule has 34 heavy (non-hydrogen) atoms. The fourth-order valence-corrected chi connectivity index (χ4v) is 3.55. The number of rotatable bonds is 3. The van der Waals surface area contributed by atoms with E-state index in [1.165, 1.54) is 12.1 Å². The molecule has 1 aliphatic heterocycles. The first-order valence-corrected chi connectivity index (χ1v) is 11.1. The van der Waals surface area contributed by atoms with Crippen LogP contribution >= 0.6 is 0 Å². The van der Waals surface area contributed by atoms with Gasteiger partial charge in [0, 0.05) is 29.8 Å². The predicted octanol–water partition coefficient (Wildman–Crippen LogP) is 4.27. The van der Waals surface area contributed by atoms with Gasteiger partial charge < -0.3 is 5.32 Å². The zero-order valence-corrected chi connectivity index (χ0v) is 20.4. The van der Waals surface area contributed by atoms with Crippen molar-refractivity contribution in [3.63, 3.8) is 0 Å². The van der Waals surface area contributed by atoms with Gasteiger partial charge in [-0.25, -0.2) is 18.3 Å². The van der Waals surface area contributed by atoms with Crippen molar-refractivity contribution in [1.29, 1.82) is 0 Å². The number of benzene rings is 1. The number of aromatic nitrogens is 3. The molecule has 3 heterocycles.